The second-order valence-electron chi connectivity index (χ2n) is 11.0. The minimum Gasteiger partial charge on any atom is -0.487 e. The Morgan fingerprint density at radius 1 is 0.958 bits per heavy atom. The fraction of sp³-hybridized carbons (Fsp3) is 0.294. The normalized spacial score (nSPS) is 12.8. The summed E-state index contributed by atoms with van der Waals surface area (Å²) >= 11 is 13.2. The van der Waals surface area contributed by atoms with E-state index in [0.29, 0.717) is 46.4 Å². The Bertz CT molecular complexity index is 1770. The maximum Gasteiger partial charge on any atom is 0.319 e. The molecule has 0 aliphatic carbocycles. The molecular formula is C34H38Cl4N6O4. The number of amides is 4. The molecule has 1 fully saturated rings. The first kappa shape index (κ1) is 38.6. The number of hydrogen-bond acceptors (Lipinski definition) is 6. The van der Waals surface area contributed by atoms with Gasteiger partial charge in [-0.25, -0.2) is 9.78 Å². The van der Waals surface area contributed by atoms with Gasteiger partial charge in [-0.2, -0.15) is 0 Å². The van der Waals surface area contributed by atoms with Crippen LogP contribution in [0.3, 0.4) is 0 Å². The van der Waals surface area contributed by atoms with Crippen LogP contribution in [0, 0.1) is 6.92 Å². The van der Waals surface area contributed by atoms with E-state index in [0.717, 1.165) is 36.2 Å². The number of likely N-dealkylation sites (N-methyl/N-ethyl adjacent to an activating group) is 2. The minimum atomic E-state index is -0.585. The van der Waals surface area contributed by atoms with Crippen LogP contribution in [-0.2, 0) is 11.4 Å². The number of aromatic nitrogens is 1. The highest BCUT2D eigenvalue weighted by Gasteiger charge is 2.22. The second kappa shape index (κ2) is 17.6. The SMILES string of the molecule is CCN1CCN(C(=O)c2cccc(NC(=O)NCC(=O)N(C)c3ccc(Cl)c(COc4cccc5ccc(C)nc45)c3Cl)c2)CC1.Cl.Cl. The van der Waals surface area contributed by atoms with E-state index in [1.807, 2.05) is 42.2 Å². The molecule has 14 heteroatoms. The monoisotopic (exact) mass is 734 g/mol. The van der Waals surface area contributed by atoms with Crippen LogP contribution in [-0.4, -0.2) is 78.9 Å². The standard InChI is InChI=1S/C34H36Cl2N6O4.2ClH/c1-4-41-15-17-42(18-16-41)33(44)24-8-5-9-25(19-24)39-34(45)37-20-30(43)40(3)28-14-13-27(35)26(31(28)36)21-46-29-10-6-7-23-12-11-22(2)38-32(23)29;;/h5-14,19H,4,15-18,20-21H2,1-3H3,(H2,37,39,45);2*1H. The number of benzene rings is 3. The zero-order valence-electron chi connectivity index (χ0n) is 26.8. The second-order valence-corrected chi connectivity index (χ2v) is 11.8. The highest BCUT2D eigenvalue weighted by atomic mass is 35.5. The molecule has 256 valence electrons. The van der Waals surface area contributed by atoms with Crippen LogP contribution in [0.2, 0.25) is 10.0 Å². The molecule has 0 unspecified atom stereocenters. The van der Waals surface area contributed by atoms with Gasteiger partial charge in [-0.15, -0.1) is 24.8 Å². The number of piperazine rings is 1. The van der Waals surface area contributed by atoms with Crippen molar-refractivity contribution in [2.75, 3.05) is 56.5 Å². The van der Waals surface area contributed by atoms with Crippen LogP contribution in [0.1, 0.15) is 28.5 Å². The Hall–Kier alpha value is -3.80. The summed E-state index contributed by atoms with van der Waals surface area (Å²) in [4.78, 5) is 48.8. The third kappa shape index (κ3) is 9.21. The number of hydrogen-bond donors (Lipinski definition) is 2. The molecule has 5 rings (SSSR count). The van der Waals surface area contributed by atoms with Crippen molar-refractivity contribution in [3.8, 4) is 5.75 Å². The van der Waals surface area contributed by atoms with Crippen LogP contribution < -0.4 is 20.3 Å². The maximum absolute atomic E-state index is 13.1. The summed E-state index contributed by atoms with van der Waals surface area (Å²) in [5.41, 5.74) is 3.45. The number of urea groups is 1. The number of rotatable bonds is 9. The largest absolute Gasteiger partial charge is 0.487 e. The van der Waals surface area contributed by atoms with Gasteiger partial charge in [0.2, 0.25) is 5.91 Å². The molecular weight excluding hydrogens is 698 g/mol. The Morgan fingerprint density at radius 3 is 2.42 bits per heavy atom. The van der Waals surface area contributed by atoms with E-state index in [4.69, 9.17) is 27.9 Å². The molecule has 10 nitrogen and oxygen atoms in total. The molecule has 3 aromatic carbocycles. The lowest BCUT2D eigenvalue weighted by atomic mass is 10.1. The zero-order chi connectivity index (χ0) is 32.8. The molecule has 0 bridgehead atoms. The summed E-state index contributed by atoms with van der Waals surface area (Å²) in [5.74, 6) is 0.100. The number of pyridine rings is 1. The van der Waals surface area contributed by atoms with Crippen molar-refractivity contribution in [2.24, 2.45) is 0 Å². The van der Waals surface area contributed by atoms with Gasteiger partial charge in [0.05, 0.1) is 17.3 Å². The van der Waals surface area contributed by atoms with Crippen LogP contribution in [0.4, 0.5) is 16.2 Å². The summed E-state index contributed by atoms with van der Waals surface area (Å²) in [6.07, 6.45) is 0. The molecule has 4 amide bonds. The number of nitrogens with one attached hydrogen (secondary N) is 2. The average Bonchev–Trinajstić information content (AvgIpc) is 3.06. The summed E-state index contributed by atoms with van der Waals surface area (Å²) < 4.78 is 6.09. The quantitative estimate of drug-likeness (QED) is 0.195. The van der Waals surface area contributed by atoms with Gasteiger partial charge in [-0.3, -0.25) is 9.59 Å². The van der Waals surface area contributed by atoms with E-state index < -0.39 is 11.9 Å². The molecule has 4 aromatic rings. The summed E-state index contributed by atoms with van der Waals surface area (Å²) in [6.45, 7) is 7.73. The van der Waals surface area contributed by atoms with Gasteiger partial charge in [-0.1, -0.05) is 54.4 Å². The van der Waals surface area contributed by atoms with Gasteiger partial charge >= 0.3 is 6.03 Å². The Morgan fingerprint density at radius 2 is 1.69 bits per heavy atom. The van der Waals surface area contributed by atoms with Crippen molar-refractivity contribution in [1.82, 2.24) is 20.1 Å². The van der Waals surface area contributed by atoms with Crippen molar-refractivity contribution in [3.63, 3.8) is 0 Å². The van der Waals surface area contributed by atoms with E-state index in [1.54, 1.807) is 43.4 Å². The van der Waals surface area contributed by atoms with Gasteiger partial charge in [0.25, 0.3) is 5.91 Å². The first-order chi connectivity index (χ1) is 22.1. The van der Waals surface area contributed by atoms with Gasteiger partial charge in [-0.05, 0) is 55.9 Å². The fourth-order valence-electron chi connectivity index (χ4n) is 5.22. The molecule has 2 heterocycles. The number of aryl methyl sites for hydroxylation is 1. The van der Waals surface area contributed by atoms with Crippen molar-refractivity contribution in [3.05, 3.63) is 93.6 Å². The lowest BCUT2D eigenvalue weighted by molar-refractivity contribution is -0.117. The van der Waals surface area contributed by atoms with Gasteiger partial charge in [0.15, 0.2) is 0 Å². The number of fused-ring (bicyclic) bond motifs is 1. The van der Waals surface area contributed by atoms with Gasteiger partial charge in [0, 0.05) is 66.1 Å². The van der Waals surface area contributed by atoms with Gasteiger partial charge in [0.1, 0.15) is 17.9 Å². The lowest BCUT2D eigenvalue weighted by Crippen LogP contribution is -2.48. The molecule has 0 atom stereocenters. The number of para-hydroxylation sites is 1. The molecule has 0 saturated carbocycles. The number of anilines is 2. The average molecular weight is 737 g/mol. The predicted octanol–water partition coefficient (Wildman–Crippen LogP) is 6.83. The number of carbonyl (C=O) groups is 3. The highest BCUT2D eigenvalue weighted by Crippen LogP contribution is 2.35. The number of ether oxygens (including phenoxy) is 1. The topological polar surface area (TPSA) is 107 Å². The molecule has 2 N–H and O–H groups in total. The predicted molar refractivity (Wildman–Crippen MR) is 197 cm³/mol. The Kier molecular flexibility index (Phi) is 14.1. The van der Waals surface area contributed by atoms with E-state index in [9.17, 15) is 14.4 Å². The molecule has 1 aromatic heterocycles. The maximum atomic E-state index is 13.1. The Labute approximate surface area is 302 Å². The van der Waals surface area contributed by atoms with Crippen molar-refractivity contribution in [2.45, 2.75) is 20.5 Å². The number of nitrogens with zero attached hydrogens (tertiary/aromatic N) is 4. The molecule has 1 aliphatic heterocycles. The summed E-state index contributed by atoms with van der Waals surface area (Å²) in [5, 5.41) is 6.87. The first-order valence-corrected chi connectivity index (χ1v) is 15.8. The van der Waals surface area contributed by atoms with Crippen molar-refractivity contribution in [1.29, 1.82) is 0 Å². The van der Waals surface area contributed by atoms with Crippen LogP contribution in [0.15, 0.2) is 66.7 Å². The zero-order valence-corrected chi connectivity index (χ0v) is 29.9. The molecule has 0 spiro atoms. The van der Waals surface area contributed by atoms with Crippen LogP contribution in [0.25, 0.3) is 10.9 Å². The summed E-state index contributed by atoms with van der Waals surface area (Å²) in [6, 6.07) is 19.0. The van der Waals surface area contributed by atoms with E-state index in [2.05, 4.69) is 27.4 Å². The number of halogens is 4. The number of carbonyl (C=O) groups excluding carboxylic acids is 3. The third-order valence-corrected chi connectivity index (χ3v) is 8.75. The summed E-state index contributed by atoms with van der Waals surface area (Å²) in [7, 11) is 1.56. The minimum absolute atomic E-state index is 0. The third-order valence-electron chi connectivity index (χ3n) is 7.97. The van der Waals surface area contributed by atoms with E-state index in [1.165, 1.54) is 4.90 Å². The van der Waals surface area contributed by atoms with E-state index >= 15 is 0 Å². The molecule has 0 radical (unpaired) electrons. The molecule has 1 aliphatic rings. The smallest absolute Gasteiger partial charge is 0.319 e. The van der Waals surface area contributed by atoms with E-state index in [-0.39, 0.29) is 48.9 Å². The van der Waals surface area contributed by atoms with Crippen LogP contribution in [0.5, 0.6) is 5.75 Å². The van der Waals surface area contributed by atoms with Crippen molar-refractivity contribution >= 4 is 88.1 Å². The molecule has 1 saturated heterocycles. The van der Waals surface area contributed by atoms with Crippen molar-refractivity contribution < 1.29 is 19.1 Å². The lowest BCUT2D eigenvalue weighted by Gasteiger charge is -2.34. The highest BCUT2D eigenvalue weighted by molar-refractivity contribution is 6.38. The van der Waals surface area contributed by atoms with Gasteiger partial charge < -0.3 is 30.1 Å². The fourth-order valence-corrected chi connectivity index (χ4v) is 5.83. The Balaban J connectivity index is 0.00000312. The first-order valence-electron chi connectivity index (χ1n) is 15.0. The van der Waals surface area contributed by atoms with Crippen LogP contribution >= 0.6 is 48.0 Å². The molecule has 48 heavy (non-hydrogen) atoms.